The van der Waals surface area contributed by atoms with Crippen molar-refractivity contribution in [2.24, 2.45) is 11.3 Å². The van der Waals surface area contributed by atoms with Crippen molar-refractivity contribution >= 4 is 59.1 Å². The highest BCUT2D eigenvalue weighted by Crippen LogP contribution is 2.61. The Hall–Kier alpha value is -4.55. The van der Waals surface area contributed by atoms with Crippen molar-refractivity contribution in [3.05, 3.63) is 48.0 Å². The van der Waals surface area contributed by atoms with Gasteiger partial charge in [-0.3, -0.25) is 10.1 Å². The van der Waals surface area contributed by atoms with Crippen LogP contribution in [0.1, 0.15) is 37.7 Å². The standard InChI is InChI=1S/C40H39F3N8O2S/c1-3-26-29(41)7-4-23-14-30-28(15-45-49-30)32(31(23)26)34-35-27(8-11-44-34)33-36(51-16-24-5-6-25(17-51)46-24)47-38(48-37(33)54-35)53-21-39(19-40(39,42)43)20-50-12-9-22(10-13-50)18-52-2/h1,4,7-8,11,14-15,22,24-25,46H,5-6,9-10,12-13,16-21H2,2H3,(H,45,49)/t24-,25+,39-/m1/s1. The van der Waals surface area contributed by atoms with Crippen molar-refractivity contribution in [2.75, 3.05) is 57.9 Å². The summed E-state index contributed by atoms with van der Waals surface area (Å²) in [4.78, 5) is 19.9. The fraction of sp³-hybridized carbons (Fsp3) is 0.450. The van der Waals surface area contributed by atoms with Crippen LogP contribution in [-0.4, -0.2) is 101 Å². The van der Waals surface area contributed by atoms with Gasteiger partial charge in [0.2, 0.25) is 0 Å². The summed E-state index contributed by atoms with van der Waals surface area (Å²) in [5, 5.41) is 14.9. The van der Waals surface area contributed by atoms with E-state index in [1.54, 1.807) is 25.6 Å². The number of rotatable bonds is 9. The number of alkyl halides is 2. The molecule has 10 nitrogen and oxygen atoms in total. The number of aromatic nitrogens is 5. The number of methoxy groups -OCH3 is 1. The van der Waals surface area contributed by atoms with Crippen LogP contribution in [0.25, 0.3) is 53.2 Å². The van der Waals surface area contributed by atoms with Crippen LogP contribution in [0.3, 0.4) is 0 Å². The third kappa shape index (κ3) is 5.50. The van der Waals surface area contributed by atoms with E-state index in [0.29, 0.717) is 46.1 Å². The van der Waals surface area contributed by atoms with E-state index < -0.39 is 17.2 Å². The summed E-state index contributed by atoms with van der Waals surface area (Å²) in [5.41, 5.74) is 0.928. The summed E-state index contributed by atoms with van der Waals surface area (Å²) in [6.07, 6.45) is 13.2. The summed E-state index contributed by atoms with van der Waals surface area (Å²) in [6.45, 7) is 3.82. The molecule has 1 aliphatic carbocycles. The largest absolute Gasteiger partial charge is 0.462 e. The Morgan fingerprint density at radius 1 is 1.06 bits per heavy atom. The maximum atomic E-state index is 15.3. The topological polar surface area (TPSA) is 104 Å². The monoisotopic (exact) mass is 752 g/mol. The van der Waals surface area contributed by atoms with Gasteiger partial charge < -0.3 is 24.6 Å². The Morgan fingerprint density at radius 2 is 1.85 bits per heavy atom. The molecular weight excluding hydrogens is 714 g/mol. The number of anilines is 1. The van der Waals surface area contributed by atoms with Crippen molar-refractivity contribution in [1.29, 1.82) is 0 Å². The molecular formula is C40H39F3N8O2S. The fourth-order valence-electron chi connectivity index (χ4n) is 9.20. The number of piperidine rings is 1. The number of fused-ring (bicyclic) bond motifs is 7. The predicted octanol–water partition coefficient (Wildman–Crippen LogP) is 6.76. The number of pyridine rings is 1. The first kappa shape index (κ1) is 34.0. The Kier molecular flexibility index (Phi) is 8.03. The highest BCUT2D eigenvalue weighted by Gasteiger charge is 2.72. The number of likely N-dealkylation sites (tertiary alicyclic amines) is 1. The van der Waals surface area contributed by atoms with Crippen LogP contribution < -0.4 is 15.0 Å². The van der Waals surface area contributed by atoms with Crippen LogP contribution in [-0.2, 0) is 4.74 Å². The highest BCUT2D eigenvalue weighted by atomic mass is 32.1. The molecule has 2 N–H and O–H groups in total. The molecule has 4 aromatic heterocycles. The van der Waals surface area contributed by atoms with Gasteiger partial charge in [0.1, 0.15) is 23.1 Å². The maximum Gasteiger partial charge on any atom is 0.319 e. The molecule has 3 saturated heterocycles. The number of thiophene rings is 1. The number of terminal acetylenes is 1. The van der Waals surface area contributed by atoms with Crippen LogP contribution >= 0.6 is 11.3 Å². The molecule has 3 aliphatic heterocycles. The second kappa shape index (κ2) is 12.8. The molecule has 4 aliphatic rings. The van der Waals surface area contributed by atoms with Crippen LogP contribution in [0.5, 0.6) is 6.01 Å². The van der Waals surface area contributed by atoms with Crippen molar-refractivity contribution in [1.82, 2.24) is 35.4 Å². The Bertz CT molecular complexity index is 2480. The number of hydrogen-bond donors (Lipinski definition) is 2. The van der Waals surface area contributed by atoms with Crippen molar-refractivity contribution in [3.63, 3.8) is 0 Å². The molecule has 0 unspecified atom stereocenters. The lowest BCUT2D eigenvalue weighted by atomic mass is 9.93. The van der Waals surface area contributed by atoms with Gasteiger partial charge in [0, 0.05) is 79.8 Å². The van der Waals surface area contributed by atoms with Gasteiger partial charge in [0.15, 0.2) is 0 Å². The Morgan fingerprint density at radius 3 is 2.59 bits per heavy atom. The van der Waals surface area contributed by atoms with Crippen LogP contribution in [0, 0.1) is 29.5 Å². The van der Waals surface area contributed by atoms with Crippen molar-refractivity contribution in [2.45, 2.75) is 50.1 Å². The third-order valence-corrected chi connectivity index (χ3v) is 13.2. The van der Waals surface area contributed by atoms with Gasteiger partial charge in [-0.15, -0.1) is 17.8 Å². The number of hydrogen-bond acceptors (Lipinski definition) is 10. The number of nitrogens with one attached hydrogen (secondary N) is 2. The molecule has 4 fully saturated rings. The summed E-state index contributed by atoms with van der Waals surface area (Å²) < 4.78 is 58.1. The van der Waals surface area contributed by atoms with Gasteiger partial charge in [0.25, 0.3) is 5.92 Å². The zero-order valence-electron chi connectivity index (χ0n) is 29.8. The number of aromatic amines is 1. The molecule has 278 valence electrons. The van der Waals surface area contributed by atoms with Crippen molar-refractivity contribution < 1.29 is 22.6 Å². The molecule has 2 bridgehead atoms. The molecule has 0 spiro atoms. The maximum absolute atomic E-state index is 15.3. The number of nitrogens with zero attached hydrogens (tertiary/aromatic N) is 6. The fourth-order valence-corrected chi connectivity index (χ4v) is 10.4. The van der Waals surface area contributed by atoms with Crippen LogP contribution in [0.15, 0.2) is 36.7 Å². The molecule has 14 heteroatoms. The first-order chi connectivity index (χ1) is 26.2. The average Bonchev–Trinajstić information content (AvgIpc) is 3.63. The van der Waals surface area contributed by atoms with Gasteiger partial charge >= 0.3 is 6.01 Å². The van der Waals surface area contributed by atoms with E-state index in [2.05, 4.69) is 31.2 Å². The van der Waals surface area contributed by atoms with E-state index in [-0.39, 0.29) is 31.1 Å². The molecule has 54 heavy (non-hydrogen) atoms. The van der Waals surface area contributed by atoms with E-state index in [1.807, 2.05) is 12.1 Å². The van der Waals surface area contributed by atoms with Crippen molar-refractivity contribution in [3.8, 4) is 29.6 Å². The molecule has 0 amide bonds. The van der Waals surface area contributed by atoms with Gasteiger partial charge in [-0.25, -0.2) is 13.2 Å². The Labute approximate surface area is 313 Å². The number of piperazine rings is 1. The average molecular weight is 753 g/mol. The lowest BCUT2D eigenvalue weighted by molar-refractivity contribution is 0.0124. The zero-order chi connectivity index (χ0) is 36.8. The van der Waals surface area contributed by atoms with Crippen LogP contribution in [0.4, 0.5) is 19.0 Å². The predicted molar refractivity (Wildman–Crippen MR) is 204 cm³/mol. The van der Waals surface area contributed by atoms with Crippen LogP contribution in [0.2, 0.25) is 0 Å². The molecule has 6 aromatic rings. The van der Waals surface area contributed by atoms with E-state index in [1.165, 1.54) is 17.4 Å². The van der Waals surface area contributed by atoms with Gasteiger partial charge in [-0.2, -0.15) is 15.1 Å². The summed E-state index contributed by atoms with van der Waals surface area (Å²) in [6, 6.07) is 7.70. The lowest BCUT2D eigenvalue weighted by Gasteiger charge is -2.34. The normalized spacial score (nSPS) is 24.2. The van der Waals surface area contributed by atoms with E-state index in [0.717, 1.165) is 89.4 Å². The minimum atomic E-state index is -2.83. The molecule has 2 aromatic carbocycles. The first-order valence-electron chi connectivity index (χ1n) is 18.6. The zero-order valence-corrected chi connectivity index (χ0v) is 30.6. The molecule has 10 rings (SSSR count). The second-order valence-corrected chi connectivity index (χ2v) is 16.6. The summed E-state index contributed by atoms with van der Waals surface area (Å²) in [5.74, 6) is 0.441. The molecule has 3 atom stereocenters. The number of benzene rings is 2. The minimum Gasteiger partial charge on any atom is -0.462 e. The lowest BCUT2D eigenvalue weighted by Crippen LogP contribution is -2.51. The highest BCUT2D eigenvalue weighted by molar-refractivity contribution is 7.26. The van der Waals surface area contributed by atoms with Gasteiger partial charge in [0.05, 0.1) is 38.5 Å². The molecule has 7 heterocycles. The number of H-pyrrole nitrogens is 1. The number of halogens is 3. The Balaban J connectivity index is 1.08. The first-order valence-corrected chi connectivity index (χ1v) is 19.4. The van der Waals surface area contributed by atoms with E-state index in [9.17, 15) is 0 Å². The summed E-state index contributed by atoms with van der Waals surface area (Å²) in [7, 11) is 1.70. The third-order valence-electron chi connectivity index (χ3n) is 12.1. The van der Waals surface area contributed by atoms with Gasteiger partial charge in [-0.05, 0) is 68.3 Å². The number of ether oxygens (including phenoxy) is 2. The van der Waals surface area contributed by atoms with E-state index >= 15 is 13.2 Å². The minimum absolute atomic E-state index is 0.0874. The second-order valence-electron chi connectivity index (χ2n) is 15.6. The SMILES string of the molecule is C#Cc1c(F)ccc2cc3[nH]ncc3c(-c3nccc4c3sc3nc(OC[C@]5(CN6CCC(COC)CC6)CC5(F)F)nc(N5C[C@H]6CC[C@@H](C5)N6)c34)c12. The molecule has 0 radical (unpaired) electrons. The molecule has 1 saturated carbocycles. The van der Waals surface area contributed by atoms with E-state index in [4.69, 9.17) is 30.8 Å². The summed E-state index contributed by atoms with van der Waals surface area (Å²) >= 11 is 1.43. The van der Waals surface area contributed by atoms with Gasteiger partial charge in [-0.1, -0.05) is 12.0 Å². The quantitative estimate of drug-likeness (QED) is 0.155. The smallest absolute Gasteiger partial charge is 0.319 e.